The molecule has 2 aromatic rings. The quantitative estimate of drug-likeness (QED) is 0.910. The Kier molecular flexibility index (Phi) is 3.48. The summed E-state index contributed by atoms with van der Waals surface area (Å²) < 4.78 is 24.8. The molecule has 0 unspecified atom stereocenters. The first-order valence-corrected chi connectivity index (χ1v) is 6.69. The minimum atomic E-state index is -0.505. The third-order valence-electron chi connectivity index (χ3n) is 3.35. The lowest BCUT2D eigenvalue weighted by molar-refractivity contribution is 0.183. The molecule has 1 heterocycles. The molecule has 0 amide bonds. The highest BCUT2D eigenvalue weighted by Gasteiger charge is 2.23. The van der Waals surface area contributed by atoms with Crippen molar-refractivity contribution in [1.29, 1.82) is 0 Å². The molecule has 1 aliphatic carbocycles. The van der Waals surface area contributed by atoms with Gasteiger partial charge in [0.1, 0.15) is 5.76 Å². The van der Waals surface area contributed by atoms with E-state index in [1.165, 1.54) is 12.8 Å². The second-order valence-electron chi connectivity index (χ2n) is 4.83. The van der Waals surface area contributed by atoms with Gasteiger partial charge in [0.25, 0.3) is 0 Å². The molecule has 0 saturated heterocycles. The van der Waals surface area contributed by atoms with Gasteiger partial charge in [-0.05, 0) is 25.0 Å². The molecule has 1 aliphatic rings. The molecular formula is C14H15ClFNO2. The van der Waals surface area contributed by atoms with Crippen LogP contribution in [0.15, 0.2) is 16.5 Å². The van der Waals surface area contributed by atoms with Gasteiger partial charge in [-0.1, -0.05) is 11.6 Å². The van der Waals surface area contributed by atoms with E-state index >= 15 is 0 Å². The van der Waals surface area contributed by atoms with E-state index in [2.05, 4.69) is 5.32 Å². The molecule has 3 rings (SSSR count). The van der Waals surface area contributed by atoms with Gasteiger partial charge in [-0.25, -0.2) is 4.39 Å². The molecule has 1 fully saturated rings. The van der Waals surface area contributed by atoms with Crippen LogP contribution in [0, 0.1) is 5.82 Å². The van der Waals surface area contributed by atoms with Gasteiger partial charge in [-0.3, -0.25) is 0 Å². The van der Waals surface area contributed by atoms with Crippen molar-refractivity contribution < 1.29 is 13.5 Å². The van der Waals surface area contributed by atoms with Crippen molar-refractivity contribution in [1.82, 2.24) is 5.32 Å². The van der Waals surface area contributed by atoms with Gasteiger partial charge < -0.3 is 14.5 Å². The number of hydrogen-bond donors (Lipinski definition) is 1. The minimum Gasteiger partial charge on any atom is -0.456 e. The van der Waals surface area contributed by atoms with Crippen LogP contribution in [-0.2, 0) is 17.9 Å². The fourth-order valence-electron chi connectivity index (χ4n) is 2.17. The van der Waals surface area contributed by atoms with Gasteiger partial charge in [0.2, 0.25) is 0 Å². The lowest BCUT2D eigenvalue weighted by atomic mass is 10.1. The summed E-state index contributed by atoms with van der Waals surface area (Å²) >= 11 is 5.78. The Balaban J connectivity index is 2.02. The molecule has 102 valence electrons. The second-order valence-corrected chi connectivity index (χ2v) is 5.24. The lowest BCUT2D eigenvalue weighted by Crippen LogP contribution is -2.15. The fourth-order valence-corrected chi connectivity index (χ4v) is 2.32. The number of nitrogens with one attached hydrogen (secondary N) is 1. The molecule has 1 N–H and O–H groups in total. The van der Waals surface area contributed by atoms with Crippen LogP contribution in [0.4, 0.5) is 4.39 Å². The predicted molar refractivity (Wildman–Crippen MR) is 71.8 cm³/mol. The molecule has 3 nitrogen and oxygen atoms in total. The second kappa shape index (κ2) is 5.12. The molecule has 5 heteroatoms. The predicted octanol–water partition coefficient (Wildman–Crippen LogP) is 3.62. The van der Waals surface area contributed by atoms with Crippen molar-refractivity contribution in [2.24, 2.45) is 0 Å². The van der Waals surface area contributed by atoms with Gasteiger partial charge in [0.05, 0.1) is 18.2 Å². The van der Waals surface area contributed by atoms with Gasteiger partial charge >= 0.3 is 0 Å². The number of ether oxygens (including phenoxy) is 1. The zero-order chi connectivity index (χ0) is 13.4. The minimum absolute atomic E-state index is 0.0759. The van der Waals surface area contributed by atoms with E-state index in [9.17, 15) is 4.39 Å². The zero-order valence-electron chi connectivity index (χ0n) is 10.6. The van der Waals surface area contributed by atoms with E-state index in [0.29, 0.717) is 19.2 Å². The van der Waals surface area contributed by atoms with E-state index < -0.39 is 5.82 Å². The Labute approximate surface area is 115 Å². The summed E-state index contributed by atoms with van der Waals surface area (Å²) in [4.78, 5) is 0. The van der Waals surface area contributed by atoms with Crippen molar-refractivity contribution in [3.63, 3.8) is 0 Å². The first kappa shape index (κ1) is 12.9. The molecule has 0 aliphatic heterocycles. The molecule has 0 bridgehead atoms. The van der Waals surface area contributed by atoms with Crippen LogP contribution in [0.5, 0.6) is 0 Å². The number of halogens is 2. The van der Waals surface area contributed by atoms with Crippen molar-refractivity contribution in [2.45, 2.75) is 32.0 Å². The van der Waals surface area contributed by atoms with E-state index in [1.54, 1.807) is 19.2 Å². The van der Waals surface area contributed by atoms with Crippen LogP contribution in [0.1, 0.15) is 24.2 Å². The molecule has 1 aromatic carbocycles. The zero-order valence-corrected chi connectivity index (χ0v) is 11.4. The first-order valence-electron chi connectivity index (χ1n) is 6.31. The Bertz CT molecular complexity index is 607. The lowest BCUT2D eigenvalue weighted by Gasteiger charge is -2.03. The van der Waals surface area contributed by atoms with E-state index in [4.69, 9.17) is 20.8 Å². The van der Waals surface area contributed by atoms with Gasteiger partial charge in [-0.2, -0.15) is 0 Å². The molecule has 0 radical (unpaired) electrons. The first-order chi connectivity index (χ1) is 9.20. The maximum absolute atomic E-state index is 14.0. The topological polar surface area (TPSA) is 34.4 Å². The largest absolute Gasteiger partial charge is 0.456 e. The summed E-state index contributed by atoms with van der Waals surface area (Å²) in [5.74, 6) is 0.221. The molecule has 1 aromatic heterocycles. The molecule has 0 atom stereocenters. The van der Waals surface area contributed by atoms with Crippen LogP contribution >= 0.6 is 11.6 Å². The van der Waals surface area contributed by atoms with Crippen molar-refractivity contribution in [3.05, 3.63) is 34.3 Å². The highest BCUT2D eigenvalue weighted by Crippen LogP contribution is 2.32. The highest BCUT2D eigenvalue weighted by atomic mass is 35.5. The Hall–Kier alpha value is -1.10. The summed E-state index contributed by atoms with van der Waals surface area (Å²) in [6.45, 7) is 0.991. The number of fused-ring (bicyclic) bond motifs is 1. The molecule has 0 spiro atoms. The Morgan fingerprint density at radius 3 is 2.95 bits per heavy atom. The van der Waals surface area contributed by atoms with Crippen LogP contribution in [0.2, 0.25) is 5.02 Å². The Morgan fingerprint density at radius 2 is 2.26 bits per heavy atom. The Morgan fingerprint density at radius 1 is 1.47 bits per heavy atom. The maximum Gasteiger partial charge on any atom is 0.184 e. The highest BCUT2D eigenvalue weighted by molar-refractivity contribution is 6.31. The molecular weight excluding hydrogens is 269 g/mol. The van der Waals surface area contributed by atoms with Crippen molar-refractivity contribution >= 4 is 22.6 Å². The maximum atomic E-state index is 14.0. The third kappa shape index (κ3) is 2.48. The summed E-state index contributed by atoms with van der Waals surface area (Å²) in [7, 11) is 1.61. The number of rotatable bonds is 5. The summed E-state index contributed by atoms with van der Waals surface area (Å²) in [5, 5.41) is 4.17. The summed E-state index contributed by atoms with van der Waals surface area (Å²) in [6, 6.07) is 3.89. The van der Waals surface area contributed by atoms with Crippen LogP contribution in [0.3, 0.4) is 0 Å². The average Bonchev–Trinajstić information content (AvgIpc) is 3.16. The molecule has 19 heavy (non-hydrogen) atoms. The fraction of sp³-hybridized carbons (Fsp3) is 0.429. The van der Waals surface area contributed by atoms with E-state index in [-0.39, 0.29) is 10.6 Å². The molecule has 1 saturated carbocycles. The van der Waals surface area contributed by atoms with E-state index in [1.807, 2.05) is 0 Å². The standard InChI is InChI=1S/C14H15ClFNO2/c1-18-7-10-9-4-5-11(15)13(16)14(9)19-12(10)6-17-8-2-3-8/h4-5,8,17H,2-3,6-7H2,1H3. The number of methoxy groups -OCH3 is 1. The van der Waals surface area contributed by atoms with Gasteiger partial charge in [0.15, 0.2) is 11.4 Å². The number of furan rings is 1. The van der Waals surface area contributed by atoms with Crippen molar-refractivity contribution in [2.75, 3.05) is 7.11 Å². The number of hydrogen-bond acceptors (Lipinski definition) is 3. The van der Waals surface area contributed by atoms with Gasteiger partial charge in [-0.15, -0.1) is 0 Å². The average molecular weight is 284 g/mol. The van der Waals surface area contributed by atoms with Crippen molar-refractivity contribution in [3.8, 4) is 0 Å². The third-order valence-corrected chi connectivity index (χ3v) is 3.65. The normalized spacial score (nSPS) is 15.3. The van der Waals surface area contributed by atoms with E-state index in [0.717, 1.165) is 16.7 Å². The summed E-state index contributed by atoms with van der Waals surface area (Å²) in [6.07, 6.45) is 2.39. The SMILES string of the molecule is COCc1c(CNC2CC2)oc2c(F)c(Cl)ccc12. The van der Waals surface area contributed by atoms with Gasteiger partial charge in [0, 0.05) is 24.1 Å². The van der Waals surface area contributed by atoms with Crippen LogP contribution in [-0.4, -0.2) is 13.2 Å². The van der Waals surface area contributed by atoms with Crippen LogP contribution < -0.4 is 5.32 Å². The smallest absolute Gasteiger partial charge is 0.184 e. The monoisotopic (exact) mass is 283 g/mol. The summed E-state index contributed by atoms with van der Waals surface area (Å²) in [5.41, 5.74) is 1.10. The van der Waals surface area contributed by atoms with Crippen LogP contribution in [0.25, 0.3) is 11.0 Å². The number of benzene rings is 1.